The predicted octanol–water partition coefficient (Wildman–Crippen LogP) is 2.76. The van der Waals surface area contributed by atoms with Gasteiger partial charge in [-0.05, 0) is 37.1 Å². The van der Waals surface area contributed by atoms with E-state index in [1.54, 1.807) is 4.90 Å². The van der Waals surface area contributed by atoms with Crippen LogP contribution in [0.25, 0.3) is 0 Å². The molecule has 2 aromatic rings. The first kappa shape index (κ1) is 22.7. The Morgan fingerprint density at radius 3 is 2.66 bits per heavy atom. The average Bonchev–Trinajstić information content (AvgIpc) is 3.14. The number of ether oxygens (including phenoxy) is 2. The van der Waals surface area contributed by atoms with E-state index in [0.29, 0.717) is 5.75 Å². The van der Waals surface area contributed by atoms with Crippen molar-refractivity contribution in [2.45, 2.75) is 20.3 Å². The number of amides is 2. The molecule has 1 heterocycles. The molecule has 1 N–H and O–H groups in total. The molecule has 0 bridgehead atoms. The lowest BCUT2D eigenvalue weighted by Crippen LogP contribution is -2.28. The van der Waals surface area contributed by atoms with E-state index in [0.717, 1.165) is 16.8 Å². The smallest absolute Gasteiger partial charge is 0.311 e. The molecule has 3 rings (SSSR count). The van der Waals surface area contributed by atoms with E-state index in [9.17, 15) is 24.5 Å². The topological polar surface area (TPSA) is 128 Å². The summed E-state index contributed by atoms with van der Waals surface area (Å²) >= 11 is 0. The Labute approximate surface area is 184 Å². The standard InChI is InChI=1S/C22H23N3O7/c1-13-4-5-14(2)19(8-13)24-11-15(9-21(24)27)22(28)32-12-20(26)23-17-10-16(31-3)6-7-18(17)25(29)30/h4-8,10,15H,9,11-12H2,1-3H3,(H,23,26)/t15-/m0/s1. The van der Waals surface area contributed by atoms with Crippen LogP contribution in [-0.4, -0.2) is 43.0 Å². The van der Waals surface area contributed by atoms with Gasteiger partial charge in [0.1, 0.15) is 11.4 Å². The van der Waals surface area contributed by atoms with Gasteiger partial charge in [0.2, 0.25) is 5.91 Å². The monoisotopic (exact) mass is 441 g/mol. The number of carbonyl (C=O) groups excluding carboxylic acids is 3. The van der Waals surface area contributed by atoms with E-state index in [1.807, 2.05) is 32.0 Å². The number of nitro groups is 1. The summed E-state index contributed by atoms with van der Waals surface area (Å²) in [6.45, 7) is 3.32. The maximum Gasteiger partial charge on any atom is 0.311 e. The van der Waals surface area contributed by atoms with Crippen LogP contribution in [0.3, 0.4) is 0 Å². The van der Waals surface area contributed by atoms with E-state index < -0.39 is 29.3 Å². The third-order valence-electron chi connectivity index (χ3n) is 5.13. The van der Waals surface area contributed by atoms with Crippen molar-refractivity contribution in [3.8, 4) is 5.75 Å². The van der Waals surface area contributed by atoms with E-state index in [2.05, 4.69) is 5.32 Å². The highest BCUT2D eigenvalue weighted by Gasteiger charge is 2.37. The molecule has 2 amide bonds. The van der Waals surface area contributed by atoms with Crippen LogP contribution in [0, 0.1) is 29.9 Å². The molecule has 32 heavy (non-hydrogen) atoms. The van der Waals surface area contributed by atoms with Crippen LogP contribution < -0.4 is 15.0 Å². The largest absolute Gasteiger partial charge is 0.497 e. The van der Waals surface area contributed by atoms with Gasteiger partial charge in [-0.2, -0.15) is 0 Å². The molecule has 0 spiro atoms. The Bertz CT molecular complexity index is 1080. The molecule has 1 aliphatic heterocycles. The van der Waals surface area contributed by atoms with Gasteiger partial charge in [-0.15, -0.1) is 0 Å². The first-order valence-corrected chi connectivity index (χ1v) is 9.86. The number of methoxy groups -OCH3 is 1. The van der Waals surface area contributed by atoms with Crippen molar-refractivity contribution in [3.05, 3.63) is 57.6 Å². The zero-order valence-electron chi connectivity index (χ0n) is 17.9. The van der Waals surface area contributed by atoms with Crippen molar-refractivity contribution in [2.75, 3.05) is 30.5 Å². The number of hydrogen-bond donors (Lipinski definition) is 1. The molecule has 10 nitrogen and oxygen atoms in total. The molecule has 0 saturated carbocycles. The lowest BCUT2D eigenvalue weighted by molar-refractivity contribution is -0.383. The van der Waals surface area contributed by atoms with Crippen LogP contribution in [0.5, 0.6) is 5.75 Å². The molecule has 0 aromatic heterocycles. The van der Waals surface area contributed by atoms with E-state index in [4.69, 9.17) is 9.47 Å². The lowest BCUT2D eigenvalue weighted by Gasteiger charge is -2.19. The van der Waals surface area contributed by atoms with Gasteiger partial charge >= 0.3 is 5.97 Å². The highest BCUT2D eigenvalue weighted by molar-refractivity contribution is 6.00. The predicted molar refractivity (Wildman–Crippen MR) is 116 cm³/mol. The maximum absolute atomic E-state index is 12.5. The third kappa shape index (κ3) is 5.02. The number of carbonyl (C=O) groups is 3. The molecule has 1 saturated heterocycles. The first-order valence-electron chi connectivity index (χ1n) is 9.86. The molecule has 0 aliphatic carbocycles. The lowest BCUT2D eigenvalue weighted by atomic mass is 10.1. The quantitative estimate of drug-likeness (QED) is 0.397. The third-order valence-corrected chi connectivity index (χ3v) is 5.13. The van der Waals surface area contributed by atoms with Crippen LogP contribution in [-0.2, 0) is 19.1 Å². The molecule has 1 aliphatic rings. The van der Waals surface area contributed by atoms with Gasteiger partial charge in [-0.25, -0.2) is 0 Å². The first-order chi connectivity index (χ1) is 15.2. The van der Waals surface area contributed by atoms with Crippen LogP contribution in [0.2, 0.25) is 0 Å². The summed E-state index contributed by atoms with van der Waals surface area (Å²) in [6.07, 6.45) is -0.0187. The second-order valence-electron chi connectivity index (χ2n) is 7.49. The summed E-state index contributed by atoms with van der Waals surface area (Å²) in [5.41, 5.74) is 2.25. The summed E-state index contributed by atoms with van der Waals surface area (Å²) in [5, 5.41) is 13.5. The van der Waals surface area contributed by atoms with Crippen LogP contribution in [0.15, 0.2) is 36.4 Å². The zero-order valence-corrected chi connectivity index (χ0v) is 17.9. The Kier molecular flexibility index (Phi) is 6.72. The summed E-state index contributed by atoms with van der Waals surface area (Å²) in [6, 6.07) is 9.63. The second kappa shape index (κ2) is 9.46. The molecule has 0 unspecified atom stereocenters. The number of benzene rings is 2. The fourth-order valence-corrected chi connectivity index (χ4v) is 3.45. The molecule has 10 heteroatoms. The van der Waals surface area contributed by atoms with Gasteiger partial charge in [0.25, 0.3) is 11.6 Å². The molecule has 0 radical (unpaired) electrons. The van der Waals surface area contributed by atoms with Crippen molar-refractivity contribution in [1.82, 2.24) is 0 Å². The van der Waals surface area contributed by atoms with Gasteiger partial charge in [0.15, 0.2) is 6.61 Å². The minimum Gasteiger partial charge on any atom is -0.497 e. The number of nitrogens with zero attached hydrogens (tertiary/aromatic N) is 2. The maximum atomic E-state index is 12.5. The van der Waals surface area contributed by atoms with Gasteiger partial charge in [0, 0.05) is 30.8 Å². The van der Waals surface area contributed by atoms with Gasteiger partial charge in [-0.3, -0.25) is 24.5 Å². The Hall–Kier alpha value is -3.95. The summed E-state index contributed by atoms with van der Waals surface area (Å²) in [5.74, 6) is -2.01. The van der Waals surface area contributed by atoms with Gasteiger partial charge in [-0.1, -0.05) is 12.1 Å². The number of nitro benzene ring substituents is 1. The highest BCUT2D eigenvalue weighted by Crippen LogP contribution is 2.30. The van der Waals surface area contributed by atoms with Crippen LogP contribution in [0.1, 0.15) is 17.5 Å². The minimum atomic E-state index is -0.745. The average molecular weight is 441 g/mol. The fourth-order valence-electron chi connectivity index (χ4n) is 3.45. The fraction of sp³-hybridized carbons (Fsp3) is 0.318. The number of aryl methyl sites for hydroxylation is 2. The zero-order chi connectivity index (χ0) is 23.4. The molecular formula is C22H23N3O7. The summed E-state index contributed by atoms with van der Waals surface area (Å²) < 4.78 is 10.1. The van der Waals surface area contributed by atoms with Crippen molar-refractivity contribution >= 4 is 34.8 Å². The molecule has 1 fully saturated rings. The van der Waals surface area contributed by atoms with Crippen molar-refractivity contribution < 1.29 is 28.8 Å². The molecule has 1 atom stereocenters. The SMILES string of the molecule is COc1ccc([N+](=O)[O-])c(NC(=O)COC(=O)[C@H]2CC(=O)N(c3cc(C)ccc3C)C2)c1. The van der Waals surface area contributed by atoms with E-state index >= 15 is 0 Å². The number of rotatable bonds is 7. The minimum absolute atomic E-state index is 0.0187. The summed E-state index contributed by atoms with van der Waals surface area (Å²) in [7, 11) is 1.39. The number of hydrogen-bond acceptors (Lipinski definition) is 7. The van der Waals surface area contributed by atoms with Crippen LogP contribution >= 0.6 is 0 Å². The Morgan fingerprint density at radius 2 is 1.97 bits per heavy atom. The molecular weight excluding hydrogens is 418 g/mol. The Morgan fingerprint density at radius 1 is 1.22 bits per heavy atom. The highest BCUT2D eigenvalue weighted by atomic mass is 16.6. The second-order valence-corrected chi connectivity index (χ2v) is 7.49. The Balaban J connectivity index is 1.60. The molecule has 2 aromatic carbocycles. The normalized spacial score (nSPS) is 15.4. The van der Waals surface area contributed by atoms with Gasteiger partial charge < -0.3 is 19.7 Å². The van der Waals surface area contributed by atoms with E-state index in [1.165, 1.54) is 25.3 Å². The van der Waals surface area contributed by atoms with Gasteiger partial charge in [0.05, 0.1) is 18.0 Å². The van der Waals surface area contributed by atoms with Crippen molar-refractivity contribution in [2.24, 2.45) is 5.92 Å². The number of anilines is 2. The molecule has 168 valence electrons. The van der Waals surface area contributed by atoms with E-state index in [-0.39, 0.29) is 30.2 Å². The number of esters is 1. The number of nitrogens with one attached hydrogen (secondary N) is 1. The van der Waals surface area contributed by atoms with Crippen molar-refractivity contribution in [1.29, 1.82) is 0 Å². The van der Waals surface area contributed by atoms with Crippen LogP contribution in [0.4, 0.5) is 17.1 Å². The summed E-state index contributed by atoms with van der Waals surface area (Å²) in [4.78, 5) is 49.2. The van der Waals surface area contributed by atoms with Crippen molar-refractivity contribution in [3.63, 3.8) is 0 Å².